The number of hydrogen-bond acceptors (Lipinski definition) is 3. The van der Waals surface area contributed by atoms with Crippen molar-refractivity contribution >= 4 is 5.91 Å². The fourth-order valence-electron chi connectivity index (χ4n) is 1.45. The highest BCUT2D eigenvalue weighted by Crippen LogP contribution is 2.08. The second-order valence-electron chi connectivity index (χ2n) is 4.03. The zero-order chi connectivity index (χ0) is 12.6. The van der Waals surface area contributed by atoms with Gasteiger partial charge in [-0.25, -0.2) is 0 Å². The number of carbonyl (C=O) groups is 1. The summed E-state index contributed by atoms with van der Waals surface area (Å²) in [5, 5.41) is 0. The molecule has 0 aliphatic rings. The lowest BCUT2D eigenvalue weighted by atomic mass is 9.99. The maximum Gasteiger partial charge on any atom is 0.239 e. The maximum atomic E-state index is 12.0. The van der Waals surface area contributed by atoms with Crippen molar-refractivity contribution in [1.82, 2.24) is 4.90 Å². The van der Waals surface area contributed by atoms with E-state index in [1.165, 1.54) is 0 Å². The average molecular weight is 230 g/mol. The van der Waals surface area contributed by atoms with Crippen LogP contribution in [0.2, 0.25) is 0 Å². The molecule has 2 unspecified atom stereocenters. The largest absolute Gasteiger partial charge is 0.380 e. The lowest BCUT2D eigenvalue weighted by Gasteiger charge is -2.26. The molecule has 0 aliphatic heterocycles. The van der Waals surface area contributed by atoms with Crippen LogP contribution in [0.15, 0.2) is 0 Å². The Morgan fingerprint density at radius 3 is 2.44 bits per heavy atom. The fraction of sp³-hybridized carbons (Fsp3) is 0.917. The normalized spacial score (nSPS) is 14.6. The van der Waals surface area contributed by atoms with Gasteiger partial charge >= 0.3 is 0 Å². The van der Waals surface area contributed by atoms with Crippen LogP contribution in [0.3, 0.4) is 0 Å². The minimum Gasteiger partial charge on any atom is -0.380 e. The molecule has 0 saturated heterocycles. The first-order valence-corrected chi connectivity index (χ1v) is 6.20. The number of amides is 1. The molecule has 0 aromatic heterocycles. The van der Waals surface area contributed by atoms with Crippen LogP contribution in [0.25, 0.3) is 0 Å². The topological polar surface area (TPSA) is 55.6 Å². The third-order valence-electron chi connectivity index (χ3n) is 2.95. The molecule has 4 nitrogen and oxygen atoms in total. The van der Waals surface area contributed by atoms with Gasteiger partial charge in [0.05, 0.1) is 12.6 Å². The van der Waals surface area contributed by atoms with Crippen molar-refractivity contribution < 1.29 is 9.53 Å². The van der Waals surface area contributed by atoms with E-state index in [-0.39, 0.29) is 17.9 Å². The summed E-state index contributed by atoms with van der Waals surface area (Å²) in [5.41, 5.74) is 5.92. The maximum absolute atomic E-state index is 12.0. The molecule has 0 spiro atoms. The highest BCUT2D eigenvalue weighted by atomic mass is 16.5. The van der Waals surface area contributed by atoms with Gasteiger partial charge in [0, 0.05) is 19.7 Å². The van der Waals surface area contributed by atoms with Gasteiger partial charge in [-0.05, 0) is 19.8 Å². The van der Waals surface area contributed by atoms with Crippen LogP contribution in [-0.4, -0.2) is 43.2 Å². The molecule has 1 amide bonds. The van der Waals surface area contributed by atoms with Gasteiger partial charge in [0.2, 0.25) is 5.91 Å². The van der Waals surface area contributed by atoms with Gasteiger partial charge < -0.3 is 15.4 Å². The summed E-state index contributed by atoms with van der Waals surface area (Å²) in [6.45, 7) is 10.6. The van der Waals surface area contributed by atoms with Crippen molar-refractivity contribution in [3.8, 4) is 0 Å². The standard InChI is InChI=1S/C12H26N2O2/c1-5-10(4)11(13)12(15)14(6-2)8-9-16-7-3/h10-11H,5-9,13H2,1-4H3. The van der Waals surface area contributed by atoms with Gasteiger partial charge in [-0.1, -0.05) is 20.3 Å². The van der Waals surface area contributed by atoms with Crippen LogP contribution < -0.4 is 5.73 Å². The first kappa shape index (κ1) is 15.4. The molecule has 0 aromatic rings. The molecule has 0 aromatic carbocycles. The molecular weight excluding hydrogens is 204 g/mol. The Balaban J connectivity index is 4.18. The van der Waals surface area contributed by atoms with Crippen molar-refractivity contribution in [3.05, 3.63) is 0 Å². The minimum absolute atomic E-state index is 0.0385. The van der Waals surface area contributed by atoms with Crippen LogP contribution in [-0.2, 0) is 9.53 Å². The van der Waals surface area contributed by atoms with E-state index in [1.807, 2.05) is 27.7 Å². The van der Waals surface area contributed by atoms with E-state index in [0.717, 1.165) is 6.42 Å². The van der Waals surface area contributed by atoms with Crippen molar-refractivity contribution in [3.63, 3.8) is 0 Å². The Hall–Kier alpha value is -0.610. The number of nitrogens with two attached hydrogens (primary N) is 1. The van der Waals surface area contributed by atoms with Crippen LogP contribution >= 0.6 is 0 Å². The SMILES string of the molecule is CCOCCN(CC)C(=O)C(N)C(C)CC. The smallest absolute Gasteiger partial charge is 0.239 e. The van der Waals surface area contributed by atoms with E-state index in [0.29, 0.717) is 26.3 Å². The molecular formula is C12H26N2O2. The number of rotatable bonds is 8. The van der Waals surface area contributed by atoms with Crippen molar-refractivity contribution in [1.29, 1.82) is 0 Å². The molecule has 0 aliphatic carbocycles. The van der Waals surface area contributed by atoms with Crippen LogP contribution in [0.5, 0.6) is 0 Å². The van der Waals surface area contributed by atoms with Gasteiger partial charge in [-0.15, -0.1) is 0 Å². The number of ether oxygens (including phenoxy) is 1. The first-order valence-electron chi connectivity index (χ1n) is 6.20. The van der Waals surface area contributed by atoms with Crippen LogP contribution in [0.1, 0.15) is 34.1 Å². The zero-order valence-corrected chi connectivity index (χ0v) is 11.0. The number of carbonyl (C=O) groups excluding carboxylic acids is 1. The number of nitrogens with zero attached hydrogens (tertiary/aromatic N) is 1. The monoisotopic (exact) mass is 230 g/mol. The molecule has 16 heavy (non-hydrogen) atoms. The van der Waals surface area contributed by atoms with E-state index >= 15 is 0 Å². The van der Waals surface area contributed by atoms with Gasteiger partial charge in [-0.2, -0.15) is 0 Å². The fourth-order valence-corrected chi connectivity index (χ4v) is 1.45. The summed E-state index contributed by atoms with van der Waals surface area (Å²) in [6, 6.07) is -0.383. The van der Waals surface area contributed by atoms with Crippen molar-refractivity contribution in [2.75, 3.05) is 26.3 Å². The van der Waals surface area contributed by atoms with E-state index in [4.69, 9.17) is 10.5 Å². The van der Waals surface area contributed by atoms with Gasteiger partial charge in [0.1, 0.15) is 0 Å². The lowest BCUT2D eigenvalue weighted by Crippen LogP contribution is -2.48. The molecule has 0 radical (unpaired) electrons. The summed E-state index contributed by atoms with van der Waals surface area (Å²) in [4.78, 5) is 13.8. The number of hydrogen-bond donors (Lipinski definition) is 1. The Kier molecular flexibility index (Phi) is 8.21. The van der Waals surface area contributed by atoms with Crippen molar-refractivity contribution in [2.24, 2.45) is 11.7 Å². The highest BCUT2D eigenvalue weighted by molar-refractivity contribution is 5.81. The zero-order valence-electron chi connectivity index (χ0n) is 11.0. The average Bonchev–Trinajstić information content (AvgIpc) is 2.32. The second kappa shape index (κ2) is 8.53. The summed E-state index contributed by atoms with van der Waals surface area (Å²) >= 11 is 0. The minimum atomic E-state index is -0.383. The predicted octanol–water partition coefficient (Wildman–Crippen LogP) is 1.24. The Bertz CT molecular complexity index is 197. The van der Waals surface area contributed by atoms with Crippen LogP contribution in [0.4, 0.5) is 0 Å². The summed E-state index contributed by atoms with van der Waals surface area (Å²) in [7, 11) is 0. The van der Waals surface area contributed by atoms with E-state index < -0.39 is 0 Å². The number of likely N-dealkylation sites (N-methyl/N-ethyl adjacent to an activating group) is 1. The van der Waals surface area contributed by atoms with E-state index in [9.17, 15) is 4.79 Å². The third-order valence-corrected chi connectivity index (χ3v) is 2.95. The molecule has 0 saturated carbocycles. The molecule has 0 heterocycles. The molecule has 2 atom stereocenters. The summed E-state index contributed by atoms with van der Waals surface area (Å²) in [5.74, 6) is 0.269. The third kappa shape index (κ3) is 4.94. The summed E-state index contributed by atoms with van der Waals surface area (Å²) < 4.78 is 5.25. The Morgan fingerprint density at radius 1 is 1.38 bits per heavy atom. The Morgan fingerprint density at radius 2 is 2.00 bits per heavy atom. The van der Waals surface area contributed by atoms with Gasteiger partial charge in [0.15, 0.2) is 0 Å². The first-order chi connectivity index (χ1) is 7.58. The lowest BCUT2D eigenvalue weighted by molar-refractivity contribution is -0.134. The van der Waals surface area contributed by atoms with E-state index in [1.54, 1.807) is 4.90 Å². The van der Waals surface area contributed by atoms with Crippen LogP contribution in [0, 0.1) is 5.92 Å². The second-order valence-corrected chi connectivity index (χ2v) is 4.03. The van der Waals surface area contributed by atoms with Gasteiger partial charge in [-0.3, -0.25) is 4.79 Å². The van der Waals surface area contributed by atoms with Gasteiger partial charge in [0.25, 0.3) is 0 Å². The van der Waals surface area contributed by atoms with E-state index in [2.05, 4.69) is 0 Å². The quantitative estimate of drug-likeness (QED) is 0.638. The molecule has 4 heteroatoms. The highest BCUT2D eigenvalue weighted by Gasteiger charge is 2.23. The van der Waals surface area contributed by atoms with Crippen molar-refractivity contribution in [2.45, 2.75) is 40.2 Å². The Labute approximate surface area is 99.1 Å². The predicted molar refractivity (Wildman–Crippen MR) is 66.2 cm³/mol. The molecule has 0 rings (SSSR count). The molecule has 0 fully saturated rings. The molecule has 2 N–H and O–H groups in total. The molecule has 96 valence electrons. The molecule has 0 bridgehead atoms. The summed E-state index contributed by atoms with van der Waals surface area (Å²) in [6.07, 6.45) is 0.927.